The molecule has 0 aliphatic heterocycles. The molecule has 188 valence electrons. The first-order chi connectivity index (χ1) is 17.0. The Morgan fingerprint density at radius 1 is 1.09 bits per heavy atom. The lowest BCUT2D eigenvalue weighted by molar-refractivity contribution is -0.116. The lowest BCUT2D eigenvalue weighted by atomic mass is 10.1. The van der Waals surface area contributed by atoms with Crippen molar-refractivity contribution in [1.29, 1.82) is 0 Å². The van der Waals surface area contributed by atoms with Crippen LogP contribution < -0.4 is 24.8 Å². The fourth-order valence-corrected chi connectivity index (χ4v) is 3.95. The number of methoxy groups -OCH3 is 3. The van der Waals surface area contributed by atoms with E-state index in [-0.39, 0.29) is 5.91 Å². The van der Waals surface area contributed by atoms with Crippen molar-refractivity contribution in [2.75, 3.05) is 45.5 Å². The van der Waals surface area contributed by atoms with Gasteiger partial charge in [0.1, 0.15) is 5.82 Å². The van der Waals surface area contributed by atoms with Crippen LogP contribution in [0.5, 0.6) is 17.2 Å². The third-order valence-corrected chi connectivity index (χ3v) is 5.76. The molecule has 0 aliphatic rings. The summed E-state index contributed by atoms with van der Waals surface area (Å²) in [6.45, 7) is 5.87. The van der Waals surface area contributed by atoms with E-state index in [1.165, 1.54) is 6.08 Å². The Balaban J connectivity index is 1.67. The summed E-state index contributed by atoms with van der Waals surface area (Å²) >= 11 is 1.58. The molecule has 0 unspecified atom stereocenters. The van der Waals surface area contributed by atoms with E-state index in [1.807, 2.05) is 0 Å². The molecule has 2 N–H and O–H groups in total. The van der Waals surface area contributed by atoms with Crippen LogP contribution in [0.1, 0.15) is 25.8 Å². The van der Waals surface area contributed by atoms with Crippen LogP contribution in [0, 0.1) is 0 Å². The summed E-state index contributed by atoms with van der Waals surface area (Å²) in [6, 6.07) is 3.55. The molecule has 10 nitrogen and oxygen atoms in total. The van der Waals surface area contributed by atoms with Crippen molar-refractivity contribution < 1.29 is 19.0 Å². The van der Waals surface area contributed by atoms with Crippen molar-refractivity contribution in [2.45, 2.75) is 32.0 Å². The SMILES string of the molecule is CCCNc1nc(SCC)nc2c1cnn2CCNC(=O)/C=C\c1cc(OC)c(OC)c(OC)c1. The standard InChI is InChI=1S/C24H32N6O4S/c1-6-10-26-22-17-15-27-30(23(17)29-24(28-22)35-7-2)12-11-25-20(31)9-8-16-13-18(32-3)21(34-5)19(14-16)33-4/h8-9,13-15H,6-7,10-12H2,1-5H3,(H,25,31)(H,26,28,29)/b9-8-. The maximum absolute atomic E-state index is 12.4. The molecule has 11 heteroatoms. The van der Waals surface area contributed by atoms with Gasteiger partial charge in [-0.3, -0.25) is 4.79 Å². The fraction of sp³-hybridized carbons (Fsp3) is 0.417. The average Bonchev–Trinajstić information content (AvgIpc) is 3.28. The number of nitrogens with one attached hydrogen (secondary N) is 2. The Kier molecular flexibility index (Phi) is 9.59. The van der Waals surface area contributed by atoms with Crippen LogP contribution in [0.15, 0.2) is 29.6 Å². The molecule has 1 amide bonds. The highest BCUT2D eigenvalue weighted by molar-refractivity contribution is 7.99. The van der Waals surface area contributed by atoms with E-state index in [9.17, 15) is 4.79 Å². The Hall–Kier alpha value is -3.47. The van der Waals surface area contributed by atoms with Gasteiger partial charge in [0.05, 0.1) is 39.5 Å². The molecule has 0 atom stereocenters. The van der Waals surface area contributed by atoms with E-state index >= 15 is 0 Å². The summed E-state index contributed by atoms with van der Waals surface area (Å²) in [5, 5.41) is 12.3. The summed E-state index contributed by atoms with van der Waals surface area (Å²) in [5.41, 5.74) is 1.49. The third-order valence-electron chi connectivity index (χ3n) is 5.03. The van der Waals surface area contributed by atoms with Gasteiger partial charge in [-0.15, -0.1) is 0 Å². The van der Waals surface area contributed by atoms with Crippen molar-refractivity contribution in [3.05, 3.63) is 30.0 Å². The second kappa shape index (κ2) is 12.8. The molecule has 0 radical (unpaired) electrons. The smallest absolute Gasteiger partial charge is 0.244 e. The number of thioether (sulfide) groups is 1. The van der Waals surface area contributed by atoms with Gasteiger partial charge in [-0.2, -0.15) is 5.10 Å². The highest BCUT2D eigenvalue weighted by Gasteiger charge is 2.14. The van der Waals surface area contributed by atoms with E-state index in [0.717, 1.165) is 41.1 Å². The van der Waals surface area contributed by atoms with Crippen LogP contribution in [0.4, 0.5) is 5.82 Å². The molecule has 3 rings (SSSR count). The molecule has 1 aromatic carbocycles. The van der Waals surface area contributed by atoms with Gasteiger partial charge in [0.25, 0.3) is 0 Å². The fourth-order valence-electron chi connectivity index (χ4n) is 3.38. The number of ether oxygens (including phenoxy) is 3. The van der Waals surface area contributed by atoms with Gasteiger partial charge in [0.15, 0.2) is 22.3 Å². The molecule has 0 spiro atoms. The lowest BCUT2D eigenvalue weighted by Gasteiger charge is -2.12. The minimum Gasteiger partial charge on any atom is -0.493 e. The zero-order valence-corrected chi connectivity index (χ0v) is 21.6. The van der Waals surface area contributed by atoms with Crippen molar-refractivity contribution >= 4 is 40.6 Å². The van der Waals surface area contributed by atoms with Crippen LogP contribution in [0.2, 0.25) is 0 Å². The predicted molar refractivity (Wildman–Crippen MR) is 139 cm³/mol. The van der Waals surface area contributed by atoms with Crippen LogP contribution in [-0.4, -0.2) is 65.8 Å². The Morgan fingerprint density at radius 2 is 1.83 bits per heavy atom. The number of carbonyl (C=O) groups excluding carboxylic acids is 1. The highest BCUT2D eigenvalue weighted by atomic mass is 32.2. The molecular weight excluding hydrogens is 468 g/mol. The largest absolute Gasteiger partial charge is 0.493 e. The Morgan fingerprint density at radius 3 is 2.46 bits per heavy atom. The summed E-state index contributed by atoms with van der Waals surface area (Å²) in [7, 11) is 4.65. The average molecular weight is 501 g/mol. The number of hydrogen-bond donors (Lipinski definition) is 2. The van der Waals surface area contributed by atoms with Crippen LogP contribution >= 0.6 is 11.8 Å². The number of aromatic nitrogens is 4. The number of nitrogens with zero attached hydrogens (tertiary/aromatic N) is 4. The quantitative estimate of drug-likeness (QED) is 0.206. The molecule has 2 heterocycles. The van der Waals surface area contributed by atoms with E-state index in [2.05, 4.69) is 39.5 Å². The molecule has 35 heavy (non-hydrogen) atoms. The Labute approximate surface area is 209 Å². The van der Waals surface area contributed by atoms with Gasteiger partial charge in [-0.05, 0) is 35.9 Å². The molecular formula is C24H32N6O4S. The first kappa shape index (κ1) is 26.1. The van der Waals surface area contributed by atoms with Crippen molar-refractivity contribution in [3.8, 4) is 17.2 Å². The summed E-state index contributed by atoms with van der Waals surface area (Å²) in [6.07, 6.45) is 5.91. The highest BCUT2D eigenvalue weighted by Crippen LogP contribution is 2.38. The van der Waals surface area contributed by atoms with Crippen molar-refractivity contribution in [2.24, 2.45) is 0 Å². The van der Waals surface area contributed by atoms with Gasteiger partial charge in [0, 0.05) is 19.2 Å². The minimum atomic E-state index is -0.225. The number of hydrogen-bond acceptors (Lipinski definition) is 9. The summed E-state index contributed by atoms with van der Waals surface area (Å²) < 4.78 is 17.8. The molecule has 0 fully saturated rings. The Bertz CT molecular complexity index is 1160. The number of anilines is 1. The molecule has 0 saturated heterocycles. The molecule has 0 saturated carbocycles. The van der Waals surface area contributed by atoms with E-state index in [4.69, 9.17) is 14.2 Å². The minimum absolute atomic E-state index is 0.225. The van der Waals surface area contributed by atoms with Gasteiger partial charge >= 0.3 is 0 Å². The lowest BCUT2D eigenvalue weighted by Crippen LogP contribution is -2.25. The number of amides is 1. The maximum Gasteiger partial charge on any atom is 0.244 e. The normalized spacial score (nSPS) is 11.1. The third kappa shape index (κ3) is 6.56. The van der Waals surface area contributed by atoms with Crippen molar-refractivity contribution in [3.63, 3.8) is 0 Å². The van der Waals surface area contributed by atoms with Crippen LogP contribution in [0.25, 0.3) is 17.1 Å². The van der Waals surface area contributed by atoms with E-state index in [0.29, 0.717) is 35.5 Å². The number of carbonyl (C=O) groups is 1. The summed E-state index contributed by atoms with van der Waals surface area (Å²) in [5.74, 6) is 2.98. The van der Waals surface area contributed by atoms with Crippen LogP contribution in [-0.2, 0) is 11.3 Å². The van der Waals surface area contributed by atoms with Crippen LogP contribution in [0.3, 0.4) is 0 Å². The predicted octanol–water partition coefficient (Wildman–Crippen LogP) is 3.62. The number of fused-ring (bicyclic) bond motifs is 1. The molecule has 0 aliphatic carbocycles. The zero-order chi connectivity index (χ0) is 25.2. The monoisotopic (exact) mass is 500 g/mol. The molecule has 2 aromatic heterocycles. The maximum atomic E-state index is 12.4. The topological polar surface area (TPSA) is 112 Å². The van der Waals surface area contributed by atoms with E-state index in [1.54, 1.807) is 62.2 Å². The summed E-state index contributed by atoms with van der Waals surface area (Å²) in [4.78, 5) is 21.7. The molecule has 0 bridgehead atoms. The van der Waals surface area contributed by atoms with E-state index < -0.39 is 0 Å². The first-order valence-electron chi connectivity index (χ1n) is 11.4. The van der Waals surface area contributed by atoms with Crippen molar-refractivity contribution in [1.82, 2.24) is 25.1 Å². The van der Waals surface area contributed by atoms with Gasteiger partial charge in [0.2, 0.25) is 11.7 Å². The first-order valence-corrected chi connectivity index (χ1v) is 12.4. The van der Waals surface area contributed by atoms with Gasteiger partial charge < -0.3 is 24.8 Å². The van der Waals surface area contributed by atoms with Gasteiger partial charge in [-0.25, -0.2) is 14.6 Å². The second-order valence-corrected chi connectivity index (χ2v) is 8.63. The second-order valence-electron chi connectivity index (χ2n) is 7.40. The van der Waals surface area contributed by atoms with Gasteiger partial charge in [-0.1, -0.05) is 25.6 Å². The number of rotatable bonds is 13. The number of benzene rings is 1. The molecule has 3 aromatic rings. The zero-order valence-electron chi connectivity index (χ0n) is 20.8.